The predicted octanol–water partition coefficient (Wildman–Crippen LogP) is 4.80. The molecule has 2 aliphatic heterocycles. The van der Waals surface area contributed by atoms with Gasteiger partial charge in [0.25, 0.3) is 0 Å². The topological polar surface area (TPSA) is 75.0 Å². The Morgan fingerprint density at radius 2 is 1.79 bits per heavy atom. The SMILES string of the molecule is O=C(O)CC1CCN(CC(=O)N2CCc3c(n(Cc4cccc(OC(F)(F)F)c4)c4c(F)cccc34)C2)CC1. The lowest BCUT2D eigenvalue weighted by Gasteiger charge is -2.34. The van der Waals surface area contributed by atoms with E-state index in [0.29, 0.717) is 37.1 Å². The average Bonchev–Trinajstić information content (AvgIpc) is 3.18. The Morgan fingerprint density at radius 1 is 1.05 bits per heavy atom. The number of alkyl halides is 3. The van der Waals surface area contributed by atoms with Crippen LogP contribution in [0.1, 0.15) is 36.1 Å². The molecular weight excluding hydrogens is 518 g/mol. The van der Waals surface area contributed by atoms with Gasteiger partial charge in [-0.2, -0.15) is 0 Å². The van der Waals surface area contributed by atoms with E-state index in [1.54, 1.807) is 21.6 Å². The molecule has 0 saturated carbocycles. The monoisotopic (exact) mass is 547 g/mol. The number of benzene rings is 2. The Hall–Kier alpha value is -3.60. The Morgan fingerprint density at radius 3 is 2.51 bits per heavy atom. The highest BCUT2D eigenvalue weighted by molar-refractivity contribution is 5.87. The second-order valence-corrected chi connectivity index (χ2v) is 10.2. The fourth-order valence-corrected chi connectivity index (χ4v) is 5.75. The zero-order valence-corrected chi connectivity index (χ0v) is 21.2. The number of hydrogen-bond donors (Lipinski definition) is 1. The molecule has 5 rings (SSSR count). The van der Waals surface area contributed by atoms with Crippen molar-refractivity contribution in [2.45, 2.75) is 45.1 Å². The first kappa shape index (κ1) is 27.0. The van der Waals surface area contributed by atoms with E-state index < -0.39 is 18.1 Å². The van der Waals surface area contributed by atoms with Crippen LogP contribution in [0.5, 0.6) is 5.75 Å². The minimum absolute atomic E-state index is 0.0600. The number of amides is 1. The van der Waals surface area contributed by atoms with Crippen LogP contribution in [0.2, 0.25) is 0 Å². The minimum atomic E-state index is -4.82. The van der Waals surface area contributed by atoms with Crippen LogP contribution < -0.4 is 4.74 Å². The van der Waals surface area contributed by atoms with Crippen molar-refractivity contribution in [2.75, 3.05) is 26.2 Å². The second-order valence-electron chi connectivity index (χ2n) is 10.2. The van der Waals surface area contributed by atoms with Crippen LogP contribution in [0.4, 0.5) is 17.6 Å². The second kappa shape index (κ2) is 10.9. The van der Waals surface area contributed by atoms with Crippen LogP contribution in [-0.4, -0.2) is 63.9 Å². The summed E-state index contributed by atoms with van der Waals surface area (Å²) in [6.45, 7) is 2.39. The van der Waals surface area contributed by atoms with Gasteiger partial charge in [-0.05, 0) is 67.6 Å². The molecule has 1 fully saturated rings. The third-order valence-electron chi connectivity index (χ3n) is 7.58. The van der Waals surface area contributed by atoms with E-state index in [1.165, 1.54) is 24.3 Å². The molecule has 0 bridgehead atoms. The summed E-state index contributed by atoms with van der Waals surface area (Å²) >= 11 is 0. The fraction of sp³-hybridized carbons (Fsp3) is 0.429. The molecule has 208 valence electrons. The van der Waals surface area contributed by atoms with E-state index in [4.69, 9.17) is 5.11 Å². The van der Waals surface area contributed by atoms with Crippen molar-refractivity contribution in [3.63, 3.8) is 0 Å². The molecule has 11 heteroatoms. The molecule has 2 aromatic carbocycles. The number of ether oxygens (including phenoxy) is 1. The maximum Gasteiger partial charge on any atom is 0.573 e. The van der Waals surface area contributed by atoms with E-state index in [9.17, 15) is 22.8 Å². The summed E-state index contributed by atoms with van der Waals surface area (Å²) in [6, 6.07) is 10.4. The molecule has 0 aliphatic carbocycles. The first-order valence-corrected chi connectivity index (χ1v) is 12.9. The molecule has 0 spiro atoms. The van der Waals surface area contributed by atoms with Crippen molar-refractivity contribution < 1.29 is 37.0 Å². The Labute approximate surface area is 222 Å². The number of carbonyl (C=O) groups excluding carboxylic acids is 1. The molecule has 0 radical (unpaired) electrons. The number of carboxylic acid groups (broad SMARTS) is 1. The van der Waals surface area contributed by atoms with Gasteiger partial charge in [0.2, 0.25) is 5.91 Å². The number of halogens is 4. The van der Waals surface area contributed by atoms with E-state index in [-0.39, 0.29) is 43.6 Å². The predicted molar refractivity (Wildman–Crippen MR) is 135 cm³/mol. The van der Waals surface area contributed by atoms with Gasteiger partial charge in [-0.25, -0.2) is 4.39 Å². The molecular formula is C28H29F4N3O4. The molecule has 7 nitrogen and oxygen atoms in total. The van der Waals surface area contributed by atoms with Crippen molar-refractivity contribution in [1.29, 1.82) is 0 Å². The van der Waals surface area contributed by atoms with Crippen molar-refractivity contribution in [3.05, 3.63) is 65.1 Å². The van der Waals surface area contributed by atoms with Crippen LogP contribution >= 0.6 is 0 Å². The lowest BCUT2D eigenvalue weighted by atomic mass is 9.93. The Kier molecular flexibility index (Phi) is 7.53. The summed E-state index contributed by atoms with van der Waals surface area (Å²) in [4.78, 5) is 28.0. The molecule has 3 heterocycles. The van der Waals surface area contributed by atoms with Gasteiger partial charge >= 0.3 is 12.3 Å². The maximum absolute atomic E-state index is 15.1. The maximum atomic E-state index is 15.1. The molecule has 3 aromatic rings. The molecule has 0 unspecified atom stereocenters. The molecule has 1 aromatic heterocycles. The van der Waals surface area contributed by atoms with Crippen LogP contribution in [0.3, 0.4) is 0 Å². The number of carbonyl (C=O) groups is 2. The largest absolute Gasteiger partial charge is 0.573 e. The summed E-state index contributed by atoms with van der Waals surface area (Å²) in [5.41, 5.74) is 2.56. The van der Waals surface area contributed by atoms with E-state index in [0.717, 1.165) is 29.5 Å². The Balaban J connectivity index is 1.36. The fourth-order valence-electron chi connectivity index (χ4n) is 5.75. The molecule has 2 aliphatic rings. The number of piperidine rings is 1. The van der Waals surface area contributed by atoms with Crippen LogP contribution in [-0.2, 0) is 29.1 Å². The number of hydrogen-bond acceptors (Lipinski definition) is 4. The van der Waals surface area contributed by atoms with Crippen molar-refractivity contribution in [3.8, 4) is 5.75 Å². The lowest BCUT2D eigenvalue weighted by Crippen LogP contribution is -2.45. The summed E-state index contributed by atoms with van der Waals surface area (Å²) in [7, 11) is 0. The number of nitrogens with zero attached hydrogens (tertiary/aromatic N) is 3. The lowest BCUT2D eigenvalue weighted by molar-refractivity contribution is -0.274. The molecule has 1 saturated heterocycles. The highest BCUT2D eigenvalue weighted by Gasteiger charge is 2.32. The zero-order chi connectivity index (χ0) is 27.7. The van der Waals surface area contributed by atoms with Crippen molar-refractivity contribution in [2.24, 2.45) is 5.92 Å². The number of likely N-dealkylation sites (tertiary alicyclic amines) is 1. The van der Waals surface area contributed by atoms with Crippen molar-refractivity contribution in [1.82, 2.24) is 14.4 Å². The van der Waals surface area contributed by atoms with Gasteiger partial charge < -0.3 is 19.3 Å². The van der Waals surface area contributed by atoms with Gasteiger partial charge in [-0.3, -0.25) is 14.5 Å². The highest BCUT2D eigenvalue weighted by atomic mass is 19.4. The van der Waals surface area contributed by atoms with Crippen LogP contribution in [0, 0.1) is 11.7 Å². The summed E-state index contributed by atoms with van der Waals surface area (Å²) in [5, 5.41) is 9.76. The number of rotatable bonds is 7. The van der Waals surface area contributed by atoms with Gasteiger partial charge in [0.05, 0.1) is 18.6 Å². The number of fused-ring (bicyclic) bond motifs is 3. The molecule has 39 heavy (non-hydrogen) atoms. The van der Waals surface area contributed by atoms with Crippen molar-refractivity contribution >= 4 is 22.8 Å². The average molecular weight is 548 g/mol. The zero-order valence-electron chi connectivity index (χ0n) is 21.2. The summed E-state index contributed by atoms with van der Waals surface area (Å²) in [5.74, 6) is -1.53. The first-order valence-electron chi connectivity index (χ1n) is 12.9. The van der Waals surface area contributed by atoms with E-state index in [2.05, 4.69) is 4.74 Å². The van der Waals surface area contributed by atoms with E-state index >= 15 is 4.39 Å². The van der Waals surface area contributed by atoms with Gasteiger partial charge in [-0.15, -0.1) is 13.2 Å². The van der Waals surface area contributed by atoms with Crippen LogP contribution in [0.25, 0.3) is 10.9 Å². The van der Waals surface area contributed by atoms with Crippen LogP contribution in [0.15, 0.2) is 42.5 Å². The van der Waals surface area contributed by atoms with Gasteiger partial charge in [0.15, 0.2) is 0 Å². The molecule has 0 atom stereocenters. The number of aromatic nitrogens is 1. The van der Waals surface area contributed by atoms with Gasteiger partial charge in [-0.1, -0.05) is 24.3 Å². The Bertz CT molecular complexity index is 1380. The highest BCUT2D eigenvalue weighted by Crippen LogP contribution is 2.34. The number of para-hydroxylation sites is 1. The normalized spacial score (nSPS) is 16.9. The summed E-state index contributed by atoms with van der Waals surface area (Å²) < 4.78 is 59.2. The third kappa shape index (κ3) is 6.19. The van der Waals surface area contributed by atoms with Gasteiger partial charge in [0, 0.05) is 30.6 Å². The number of aliphatic carboxylic acids is 1. The standard InChI is InChI=1S/C28H29F4N3O4/c29-23-6-2-5-22-21-9-12-34(25(36)17-33-10-7-18(8-11-33)14-26(37)38)16-24(21)35(27(22)23)15-19-3-1-4-20(13-19)39-28(30,31)32/h1-6,13,18H,7-12,14-17H2,(H,37,38). The smallest absolute Gasteiger partial charge is 0.481 e. The molecule has 1 amide bonds. The minimum Gasteiger partial charge on any atom is -0.481 e. The quantitative estimate of drug-likeness (QED) is 0.431. The third-order valence-corrected chi connectivity index (χ3v) is 7.58. The van der Waals surface area contributed by atoms with E-state index in [1.807, 2.05) is 11.0 Å². The van der Waals surface area contributed by atoms with Gasteiger partial charge in [0.1, 0.15) is 11.6 Å². The first-order chi connectivity index (χ1) is 18.6. The number of carboxylic acids is 1. The molecule has 1 N–H and O–H groups in total. The summed E-state index contributed by atoms with van der Waals surface area (Å²) in [6.07, 6.45) is -2.69.